The van der Waals surface area contributed by atoms with Crippen molar-refractivity contribution >= 4 is 17.8 Å². The SMILES string of the molecule is CCOc1cccc(C2C(C(=O)OC)=C(C)NC(C)=C2C(=O)OC)c1OCC(=O)NCCO[N+](=O)[O-]. The van der Waals surface area contributed by atoms with Gasteiger partial charge in [-0.05, 0) is 26.8 Å². The van der Waals surface area contributed by atoms with Crippen LogP contribution in [0, 0.1) is 10.1 Å². The summed E-state index contributed by atoms with van der Waals surface area (Å²) in [5.41, 5.74) is 1.61. The molecule has 0 saturated carbocycles. The van der Waals surface area contributed by atoms with E-state index in [0.29, 0.717) is 17.0 Å². The van der Waals surface area contributed by atoms with E-state index in [2.05, 4.69) is 15.5 Å². The largest absolute Gasteiger partial charge is 0.490 e. The monoisotopic (exact) mass is 507 g/mol. The number of methoxy groups -OCH3 is 2. The van der Waals surface area contributed by atoms with Crippen LogP contribution < -0.4 is 20.1 Å². The molecule has 13 heteroatoms. The second kappa shape index (κ2) is 13.0. The molecule has 0 bridgehead atoms. The smallest absolute Gasteiger partial charge is 0.336 e. The topological polar surface area (TPSA) is 165 Å². The Kier molecular flexibility index (Phi) is 10.1. The van der Waals surface area contributed by atoms with Gasteiger partial charge in [0.25, 0.3) is 11.0 Å². The van der Waals surface area contributed by atoms with Gasteiger partial charge in [-0.2, -0.15) is 0 Å². The van der Waals surface area contributed by atoms with Crippen LogP contribution in [0.5, 0.6) is 11.5 Å². The third kappa shape index (κ3) is 6.64. The van der Waals surface area contributed by atoms with Crippen molar-refractivity contribution in [2.45, 2.75) is 26.7 Å². The summed E-state index contributed by atoms with van der Waals surface area (Å²) in [5.74, 6) is -2.47. The van der Waals surface area contributed by atoms with Crippen molar-refractivity contribution in [1.29, 1.82) is 0 Å². The first-order chi connectivity index (χ1) is 17.2. The first-order valence-corrected chi connectivity index (χ1v) is 10.9. The van der Waals surface area contributed by atoms with Crippen LogP contribution in [0.4, 0.5) is 0 Å². The fourth-order valence-corrected chi connectivity index (χ4v) is 3.75. The number of carbonyl (C=O) groups excluding carboxylic acids is 3. The molecular formula is C23H29N3O10. The summed E-state index contributed by atoms with van der Waals surface area (Å²) in [6, 6.07) is 4.93. The Morgan fingerprint density at radius 2 is 1.67 bits per heavy atom. The summed E-state index contributed by atoms with van der Waals surface area (Å²) in [6.07, 6.45) is 0. The number of hydrogen-bond acceptors (Lipinski definition) is 11. The molecule has 0 spiro atoms. The van der Waals surface area contributed by atoms with Crippen molar-refractivity contribution in [1.82, 2.24) is 10.6 Å². The minimum absolute atomic E-state index is 0.111. The fraction of sp³-hybridized carbons (Fsp3) is 0.435. The van der Waals surface area contributed by atoms with E-state index in [1.165, 1.54) is 14.2 Å². The van der Waals surface area contributed by atoms with Gasteiger partial charge in [0.1, 0.15) is 6.61 Å². The quantitative estimate of drug-likeness (QED) is 0.182. The number of amides is 1. The molecule has 1 aromatic rings. The highest BCUT2D eigenvalue weighted by molar-refractivity contribution is 6.00. The van der Waals surface area contributed by atoms with E-state index in [9.17, 15) is 24.5 Å². The minimum atomic E-state index is -0.963. The lowest BCUT2D eigenvalue weighted by Gasteiger charge is -2.31. The lowest BCUT2D eigenvalue weighted by Crippen LogP contribution is -2.33. The molecule has 2 rings (SSSR count). The highest BCUT2D eigenvalue weighted by Gasteiger charge is 2.39. The van der Waals surface area contributed by atoms with Crippen LogP contribution in [0.3, 0.4) is 0 Å². The van der Waals surface area contributed by atoms with E-state index in [1.54, 1.807) is 39.0 Å². The fourth-order valence-electron chi connectivity index (χ4n) is 3.75. The molecule has 1 aliphatic rings. The van der Waals surface area contributed by atoms with Gasteiger partial charge in [-0.15, -0.1) is 10.1 Å². The zero-order valence-corrected chi connectivity index (χ0v) is 20.7. The molecule has 36 heavy (non-hydrogen) atoms. The molecule has 13 nitrogen and oxygen atoms in total. The van der Waals surface area contributed by atoms with Crippen molar-refractivity contribution in [2.24, 2.45) is 0 Å². The molecule has 1 amide bonds. The molecule has 196 valence electrons. The first kappa shape index (κ1) is 28.0. The van der Waals surface area contributed by atoms with E-state index in [-0.39, 0.29) is 42.4 Å². The number of ether oxygens (including phenoxy) is 4. The molecule has 2 N–H and O–H groups in total. The second-order valence-corrected chi connectivity index (χ2v) is 7.42. The van der Waals surface area contributed by atoms with Crippen LogP contribution in [0.2, 0.25) is 0 Å². The van der Waals surface area contributed by atoms with E-state index < -0.39 is 35.5 Å². The van der Waals surface area contributed by atoms with E-state index in [0.717, 1.165) is 0 Å². The van der Waals surface area contributed by atoms with Crippen molar-refractivity contribution < 1.29 is 43.3 Å². The van der Waals surface area contributed by atoms with Crippen molar-refractivity contribution in [2.75, 3.05) is 40.6 Å². The number of allylic oxidation sites excluding steroid dienone is 2. The highest BCUT2D eigenvalue weighted by Crippen LogP contribution is 2.45. The number of dihydropyridines is 1. The first-order valence-electron chi connectivity index (χ1n) is 10.9. The van der Waals surface area contributed by atoms with Gasteiger partial charge < -0.3 is 34.4 Å². The summed E-state index contributed by atoms with van der Waals surface area (Å²) in [4.78, 5) is 52.3. The summed E-state index contributed by atoms with van der Waals surface area (Å²) in [6.45, 7) is 4.46. The Hall–Kier alpha value is -4.29. The number of nitrogens with zero attached hydrogens (tertiary/aromatic N) is 1. The van der Waals surface area contributed by atoms with Crippen LogP contribution in [0.25, 0.3) is 0 Å². The average Bonchev–Trinajstić information content (AvgIpc) is 2.84. The van der Waals surface area contributed by atoms with Gasteiger partial charge in [0, 0.05) is 23.5 Å². The van der Waals surface area contributed by atoms with Crippen molar-refractivity contribution in [3.63, 3.8) is 0 Å². The zero-order chi connectivity index (χ0) is 26.8. The maximum atomic E-state index is 12.8. The molecule has 0 unspecified atom stereocenters. The summed E-state index contributed by atoms with van der Waals surface area (Å²) in [7, 11) is 2.45. The average molecular weight is 507 g/mol. The second-order valence-electron chi connectivity index (χ2n) is 7.42. The van der Waals surface area contributed by atoms with Crippen LogP contribution in [-0.4, -0.2) is 63.5 Å². The molecule has 0 atom stereocenters. The minimum Gasteiger partial charge on any atom is -0.490 e. The molecular weight excluding hydrogens is 478 g/mol. The highest BCUT2D eigenvalue weighted by atomic mass is 16.9. The van der Waals surface area contributed by atoms with Gasteiger partial charge in [-0.25, -0.2) is 9.59 Å². The Morgan fingerprint density at radius 1 is 1.06 bits per heavy atom. The molecule has 0 aliphatic carbocycles. The molecule has 1 heterocycles. The molecule has 1 aromatic carbocycles. The standard InChI is InChI=1S/C23H29N3O10/c1-6-34-16-9-7-8-15(21(16)35-12-17(27)24-10-11-36-26(30)31)20-18(22(28)32-4)13(2)25-14(3)19(20)23(29)33-5/h7-9,20,25H,6,10-12H2,1-5H3,(H,24,27). The van der Waals surface area contributed by atoms with Crippen LogP contribution in [0.1, 0.15) is 32.3 Å². The Balaban J connectivity index is 2.52. The Morgan fingerprint density at radius 3 is 2.19 bits per heavy atom. The predicted molar refractivity (Wildman–Crippen MR) is 124 cm³/mol. The third-order valence-electron chi connectivity index (χ3n) is 5.16. The number of rotatable bonds is 12. The van der Waals surface area contributed by atoms with Crippen LogP contribution in [0.15, 0.2) is 40.7 Å². The maximum absolute atomic E-state index is 12.8. The van der Waals surface area contributed by atoms with Gasteiger partial charge in [-0.3, -0.25) is 4.79 Å². The molecule has 0 saturated heterocycles. The van der Waals surface area contributed by atoms with Gasteiger partial charge in [0.05, 0.1) is 37.9 Å². The van der Waals surface area contributed by atoms with Gasteiger partial charge in [0.2, 0.25) is 0 Å². The lowest BCUT2D eigenvalue weighted by molar-refractivity contribution is -0.757. The molecule has 0 aromatic heterocycles. The van der Waals surface area contributed by atoms with Crippen LogP contribution in [-0.2, 0) is 28.7 Å². The number of benzene rings is 1. The van der Waals surface area contributed by atoms with Crippen molar-refractivity contribution in [3.05, 3.63) is 56.4 Å². The number of nitrogens with one attached hydrogen (secondary N) is 2. The Labute approximate surface area is 207 Å². The summed E-state index contributed by atoms with van der Waals surface area (Å²) >= 11 is 0. The van der Waals surface area contributed by atoms with E-state index in [1.807, 2.05) is 0 Å². The number of esters is 2. The molecule has 0 radical (unpaired) electrons. The maximum Gasteiger partial charge on any atom is 0.336 e. The predicted octanol–water partition coefficient (Wildman–Crippen LogP) is 1.37. The molecule has 1 aliphatic heterocycles. The van der Waals surface area contributed by atoms with Crippen LogP contribution >= 0.6 is 0 Å². The van der Waals surface area contributed by atoms with E-state index >= 15 is 0 Å². The van der Waals surface area contributed by atoms with Gasteiger partial charge >= 0.3 is 11.9 Å². The van der Waals surface area contributed by atoms with Gasteiger partial charge in [0.15, 0.2) is 18.1 Å². The lowest BCUT2D eigenvalue weighted by atomic mass is 9.80. The van der Waals surface area contributed by atoms with Gasteiger partial charge in [-0.1, -0.05) is 12.1 Å². The summed E-state index contributed by atoms with van der Waals surface area (Å²) < 4.78 is 21.5. The van der Waals surface area contributed by atoms with E-state index in [4.69, 9.17) is 18.9 Å². The number of hydrogen-bond donors (Lipinski definition) is 2. The number of para-hydroxylation sites is 1. The Bertz CT molecular complexity index is 1040. The normalized spacial score (nSPS) is 13.5. The molecule has 0 fully saturated rings. The summed E-state index contributed by atoms with van der Waals surface area (Å²) in [5, 5.41) is 14.7. The third-order valence-corrected chi connectivity index (χ3v) is 5.16. The number of carbonyl (C=O) groups is 3. The zero-order valence-electron chi connectivity index (χ0n) is 20.7. The van der Waals surface area contributed by atoms with Crippen molar-refractivity contribution in [3.8, 4) is 11.5 Å².